The maximum atomic E-state index is 13.5. The molecule has 3 heteroatoms. The van der Waals surface area contributed by atoms with Crippen LogP contribution in [0.2, 0.25) is 0 Å². The molecule has 0 unspecified atom stereocenters. The minimum absolute atomic E-state index is 0.125. The average molecular weight is 209 g/mol. The maximum Gasteiger partial charge on any atom is 0.126 e. The molecule has 0 radical (unpaired) electrons. The minimum Gasteiger partial charge on any atom is -0.497 e. The lowest BCUT2D eigenvalue weighted by Gasteiger charge is -2.05. The fraction of sp³-hybridized carbons (Fsp3) is 0.500. The summed E-state index contributed by atoms with van der Waals surface area (Å²) < 4.78 is 18.6. The number of rotatable bonds is 4. The molecule has 2 rings (SSSR count). The molecule has 0 aliphatic heterocycles. The van der Waals surface area contributed by atoms with Crippen molar-refractivity contribution >= 4 is 0 Å². The molecule has 0 spiro atoms. The first-order valence-corrected chi connectivity index (χ1v) is 5.29. The second kappa shape index (κ2) is 4.19. The molecule has 0 saturated heterocycles. The summed E-state index contributed by atoms with van der Waals surface area (Å²) in [6.07, 6.45) is 2.04. The summed E-state index contributed by atoms with van der Waals surface area (Å²) in [4.78, 5) is 0. The molecule has 15 heavy (non-hydrogen) atoms. The van der Waals surface area contributed by atoms with E-state index in [0.717, 1.165) is 24.2 Å². The van der Waals surface area contributed by atoms with Crippen LogP contribution in [0.25, 0.3) is 0 Å². The third-order valence-corrected chi connectivity index (χ3v) is 3.06. The molecule has 1 aliphatic rings. The van der Waals surface area contributed by atoms with Crippen LogP contribution in [0, 0.1) is 11.7 Å². The molecule has 1 aliphatic carbocycles. The van der Waals surface area contributed by atoms with Crippen molar-refractivity contribution in [2.75, 3.05) is 13.7 Å². The van der Waals surface area contributed by atoms with Crippen LogP contribution >= 0.6 is 0 Å². The van der Waals surface area contributed by atoms with Crippen LogP contribution in [-0.2, 0) is 0 Å². The summed E-state index contributed by atoms with van der Waals surface area (Å²) in [5.74, 6) is 1.52. The van der Waals surface area contributed by atoms with Gasteiger partial charge in [-0.25, -0.2) is 4.39 Å². The predicted molar refractivity (Wildman–Crippen MR) is 57.5 cm³/mol. The van der Waals surface area contributed by atoms with Crippen molar-refractivity contribution in [3.63, 3.8) is 0 Å². The fourth-order valence-corrected chi connectivity index (χ4v) is 2.09. The third kappa shape index (κ3) is 2.12. The number of nitrogens with two attached hydrogens (primary N) is 1. The van der Waals surface area contributed by atoms with Gasteiger partial charge in [0, 0.05) is 0 Å². The van der Waals surface area contributed by atoms with Gasteiger partial charge in [-0.2, -0.15) is 0 Å². The number of halogens is 1. The Hall–Kier alpha value is -1.09. The van der Waals surface area contributed by atoms with Crippen LogP contribution in [0.1, 0.15) is 24.3 Å². The monoisotopic (exact) mass is 209 g/mol. The lowest BCUT2D eigenvalue weighted by Crippen LogP contribution is -2.00. The molecule has 2 nitrogen and oxygen atoms in total. The topological polar surface area (TPSA) is 35.2 Å². The molecule has 0 amide bonds. The first-order chi connectivity index (χ1) is 7.26. The Balaban J connectivity index is 2.14. The highest BCUT2D eigenvalue weighted by atomic mass is 19.1. The van der Waals surface area contributed by atoms with Crippen molar-refractivity contribution in [3.05, 3.63) is 29.6 Å². The zero-order valence-electron chi connectivity index (χ0n) is 8.87. The molecular formula is C12H16FNO. The quantitative estimate of drug-likeness (QED) is 0.825. The van der Waals surface area contributed by atoms with Crippen molar-refractivity contribution in [3.8, 4) is 5.75 Å². The Morgan fingerprint density at radius 2 is 2.33 bits per heavy atom. The van der Waals surface area contributed by atoms with Gasteiger partial charge in [-0.15, -0.1) is 0 Å². The molecule has 1 fully saturated rings. The Morgan fingerprint density at radius 1 is 1.53 bits per heavy atom. The maximum absolute atomic E-state index is 13.5. The highest BCUT2D eigenvalue weighted by Crippen LogP contribution is 2.50. The molecule has 0 bridgehead atoms. The van der Waals surface area contributed by atoms with Gasteiger partial charge >= 0.3 is 0 Å². The van der Waals surface area contributed by atoms with E-state index in [1.165, 1.54) is 6.07 Å². The van der Waals surface area contributed by atoms with Gasteiger partial charge in [-0.1, -0.05) is 0 Å². The van der Waals surface area contributed by atoms with E-state index in [-0.39, 0.29) is 5.82 Å². The zero-order valence-corrected chi connectivity index (χ0v) is 8.87. The molecule has 1 saturated carbocycles. The molecule has 1 aromatic carbocycles. The predicted octanol–water partition coefficient (Wildman–Crippen LogP) is 2.29. The van der Waals surface area contributed by atoms with E-state index >= 15 is 0 Å². The van der Waals surface area contributed by atoms with E-state index in [1.54, 1.807) is 19.2 Å². The zero-order chi connectivity index (χ0) is 10.8. The Labute approximate surface area is 89.2 Å². The average Bonchev–Trinajstić information content (AvgIpc) is 2.99. The SMILES string of the molecule is COc1ccc(F)c([C@@H]2C[C@H]2CCN)c1. The molecule has 1 aromatic rings. The van der Waals surface area contributed by atoms with Crippen LogP contribution in [-0.4, -0.2) is 13.7 Å². The van der Waals surface area contributed by atoms with Gasteiger partial charge in [0.05, 0.1) is 7.11 Å². The van der Waals surface area contributed by atoms with Crippen molar-refractivity contribution in [2.45, 2.75) is 18.8 Å². The Bertz CT molecular complexity index is 353. The van der Waals surface area contributed by atoms with Gasteiger partial charge in [0.1, 0.15) is 11.6 Å². The van der Waals surface area contributed by atoms with Crippen molar-refractivity contribution in [1.82, 2.24) is 0 Å². The molecule has 0 heterocycles. The molecule has 82 valence electrons. The van der Waals surface area contributed by atoms with Crippen molar-refractivity contribution < 1.29 is 9.13 Å². The summed E-state index contributed by atoms with van der Waals surface area (Å²) in [6, 6.07) is 4.93. The van der Waals surface area contributed by atoms with E-state index < -0.39 is 0 Å². The van der Waals surface area contributed by atoms with Crippen LogP contribution in [0.3, 0.4) is 0 Å². The minimum atomic E-state index is -0.125. The van der Waals surface area contributed by atoms with Gasteiger partial charge in [-0.05, 0) is 55.0 Å². The lowest BCUT2D eigenvalue weighted by molar-refractivity contribution is 0.412. The number of hydrogen-bond acceptors (Lipinski definition) is 2. The van der Waals surface area contributed by atoms with Gasteiger partial charge in [0.15, 0.2) is 0 Å². The standard InChI is InChI=1S/C12H16FNO/c1-15-9-2-3-12(13)11(7-9)10-6-8(10)4-5-14/h2-3,7-8,10H,4-6,14H2,1H3/t8-,10-/m1/s1. The Kier molecular flexibility index (Phi) is 2.91. The van der Waals surface area contributed by atoms with Gasteiger partial charge in [-0.3, -0.25) is 0 Å². The van der Waals surface area contributed by atoms with Crippen molar-refractivity contribution in [2.24, 2.45) is 11.7 Å². The van der Waals surface area contributed by atoms with Gasteiger partial charge in [0.25, 0.3) is 0 Å². The first kappa shape index (κ1) is 10.4. The van der Waals surface area contributed by atoms with Crippen LogP contribution in [0.15, 0.2) is 18.2 Å². The highest BCUT2D eigenvalue weighted by molar-refractivity contribution is 5.35. The lowest BCUT2D eigenvalue weighted by atomic mass is 10.1. The first-order valence-electron chi connectivity index (χ1n) is 5.29. The number of benzene rings is 1. The van der Waals surface area contributed by atoms with Gasteiger partial charge < -0.3 is 10.5 Å². The number of hydrogen-bond donors (Lipinski definition) is 1. The number of ether oxygens (including phenoxy) is 1. The summed E-state index contributed by atoms with van der Waals surface area (Å²) in [5.41, 5.74) is 6.27. The third-order valence-electron chi connectivity index (χ3n) is 3.06. The molecular weight excluding hydrogens is 193 g/mol. The van der Waals surface area contributed by atoms with E-state index in [4.69, 9.17) is 10.5 Å². The molecule has 2 N–H and O–H groups in total. The highest BCUT2D eigenvalue weighted by Gasteiger charge is 2.39. The van der Waals surface area contributed by atoms with E-state index in [9.17, 15) is 4.39 Å². The largest absolute Gasteiger partial charge is 0.497 e. The summed E-state index contributed by atoms with van der Waals surface area (Å²) in [6.45, 7) is 0.687. The fourth-order valence-electron chi connectivity index (χ4n) is 2.09. The summed E-state index contributed by atoms with van der Waals surface area (Å²) >= 11 is 0. The van der Waals surface area contributed by atoms with E-state index in [0.29, 0.717) is 18.4 Å². The molecule has 2 atom stereocenters. The summed E-state index contributed by atoms with van der Waals surface area (Å²) in [5, 5.41) is 0. The van der Waals surface area contributed by atoms with E-state index in [2.05, 4.69) is 0 Å². The smallest absolute Gasteiger partial charge is 0.126 e. The summed E-state index contributed by atoms with van der Waals surface area (Å²) in [7, 11) is 1.60. The van der Waals surface area contributed by atoms with Crippen LogP contribution in [0.4, 0.5) is 4.39 Å². The van der Waals surface area contributed by atoms with Crippen LogP contribution < -0.4 is 10.5 Å². The van der Waals surface area contributed by atoms with Crippen LogP contribution in [0.5, 0.6) is 5.75 Å². The molecule has 0 aromatic heterocycles. The second-order valence-corrected chi connectivity index (χ2v) is 4.07. The van der Waals surface area contributed by atoms with Crippen molar-refractivity contribution in [1.29, 1.82) is 0 Å². The van der Waals surface area contributed by atoms with Gasteiger partial charge in [0.2, 0.25) is 0 Å². The van der Waals surface area contributed by atoms with E-state index in [1.807, 2.05) is 0 Å². The second-order valence-electron chi connectivity index (χ2n) is 4.07. The normalized spacial score (nSPS) is 23.9. The number of methoxy groups -OCH3 is 1. The Morgan fingerprint density at radius 3 is 3.00 bits per heavy atom.